The van der Waals surface area contributed by atoms with E-state index in [-0.39, 0.29) is 16.3 Å². The maximum absolute atomic E-state index is 12.4. The Hall–Kier alpha value is -2.18. The zero-order chi connectivity index (χ0) is 17.5. The summed E-state index contributed by atoms with van der Waals surface area (Å²) in [5.41, 5.74) is 0.451. The van der Waals surface area contributed by atoms with E-state index in [1.54, 1.807) is 6.07 Å². The number of hydrogen-bond donors (Lipinski definition) is 0. The van der Waals surface area contributed by atoms with Crippen LogP contribution in [0.25, 0.3) is 11.0 Å². The van der Waals surface area contributed by atoms with Crippen LogP contribution in [0.3, 0.4) is 0 Å². The Morgan fingerprint density at radius 1 is 1.04 bits per heavy atom. The van der Waals surface area contributed by atoms with Crippen LogP contribution in [0.5, 0.6) is 5.75 Å². The number of rotatable bonds is 3. The fourth-order valence-corrected chi connectivity index (χ4v) is 2.69. The summed E-state index contributed by atoms with van der Waals surface area (Å²) in [5.74, 6) is -0.922. The summed E-state index contributed by atoms with van der Waals surface area (Å²) in [6, 6.07) is 9.06. The Kier molecular flexibility index (Phi) is 4.19. The van der Waals surface area contributed by atoms with Crippen molar-refractivity contribution in [3.63, 3.8) is 0 Å². The normalized spacial score (nSPS) is 11.7. The van der Waals surface area contributed by atoms with E-state index in [1.165, 1.54) is 24.3 Å². The molecule has 0 aliphatic rings. The van der Waals surface area contributed by atoms with Crippen molar-refractivity contribution in [1.29, 1.82) is 0 Å². The van der Waals surface area contributed by atoms with Gasteiger partial charge in [0.25, 0.3) is 0 Å². The van der Waals surface area contributed by atoms with E-state index in [4.69, 9.17) is 27.6 Å². The molecule has 0 fully saturated rings. The highest BCUT2D eigenvalue weighted by molar-refractivity contribution is 6.38. The average molecular weight is 375 g/mol. The lowest BCUT2D eigenvalue weighted by atomic mass is 10.1. The summed E-state index contributed by atoms with van der Waals surface area (Å²) in [6.45, 7) is 0. The third-order valence-electron chi connectivity index (χ3n) is 3.11. The number of alkyl halides is 3. The van der Waals surface area contributed by atoms with Crippen LogP contribution in [-0.4, -0.2) is 12.1 Å². The van der Waals surface area contributed by atoms with Crippen molar-refractivity contribution in [2.24, 2.45) is 0 Å². The van der Waals surface area contributed by atoms with Gasteiger partial charge in [0, 0.05) is 16.0 Å². The lowest BCUT2D eigenvalue weighted by Crippen LogP contribution is -2.17. The second kappa shape index (κ2) is 6.03. The Labute approximate surface area is 143 Å². The Morgan fingerprint density at radius 2 is 1.71 bits per heavy atom. The monoisotopic (exact) mass is 374 g/mol. The van der Waals surface area contributed by atoms with Crippen LogP contribution in [0.15, 0.2) is 46.9 Å². The number of carbonyl (C=O) groups excluding carboxylic acids is 1. The highest BCUT2D eigenvalue weighted by atomic mass is 35.5. The van der Waals surface area contributed by atoms with Crippen LogP contribution >= 0.6 is 23.2 Å². The highest BCUT2D eigenvalue weighted by Crippen LogP contribution is 2.31. The molecule has 1 aromatic heterocycles. The Morgan fingerprint density at radius 3 is 2.33 bits per heavy atom. The van der Waals surface area contributed by atoms with Gasteiger partial charge in [-0.15, -0.1) is 13.2 Å². The Balaban J connectivity index is 1.90. The molecule has 0 aliphatic heterocycles. The van der Waals surface area contributed by atoms with E-state index in [1.807, 2.05) is 0 Å². The van der Waals surface area contributed by atoms with Gasteiger partial charge in [0.05, 0.1) is 5.02 Å². The number of benzene rings is 2. The maximum Gasteiger partial charge on any atom is 0.573 e. The number of fused-ring (bicyclic) bond motifs is 1. The SMILES string of the molecule is O=C(c1ccc(OC(F)(F)F)cc1)c1cc2cc(Cl)cc(Cl)c2o1. The minimum Gasteiger partial charge on any atom is -0.451 e. The fraction of sp³-hybridized carbons (Fsp3) is 0.0625. The number of furan rings is 1. The summed E-state index contributed by atoms with van der Waals surface area (Å²) in [5, 5.41) is 1.19. The first-order chi connectivity index (χ1) is 11.2. The van der Waals surface area contributed by atoms with Crippen LogP contribution in [0.1, 0.15) is 16.1 Å². The van der Waals surface area contributed by atoms with E-state index < -0.39 is 17.9 Å². The fourth-order valence-electron chi connectivity index (χ4n) is 2.14. The largest absolute Gasteiger partial charge is 0.573 e. The first-order valence-electron chi connectivity index (χ1n) is 6.52. The zero-order valence-corrected chi connectivity index (χ0v) is 13.2. The van der Waals surface area contributed by atoms with Crippen molar-refractivity contribution < 1.29 is 27.1 Å². The average Bonchev–Trinajstić information content (AvgIpc) is 2.90. The quantitative estimate of drug-likeness (QED) is 0.538. The first-order valence-corrected chi connectivity index (χ1v) is 7.27. The van der Waals surface area contributed by atoms with Gasteiger partial charge in [-0.25, -0.2) is 0 Å². The van der Waals surface area contributed by atoms with E-state index >= 15 is 0 Å². The first kappa shape index (κ1) is 16.7. The molecule has 3 nitrogen and oxygen atoms in total. The molecule has 2 aromatic carbocycles. The summed E-state index contributed by atoms with van der Waals surface area (Å²) >= 11 is 11.9. The summed E-state index contributed by atoms with van der Waals surface area (Å²) in [6.07, 6.45) is -4.79. The molecular weight excluding hydrogens is 368 g/mol. The topological polar surface area (TPSA) is 39.4 Å². The molecule has 0 saturated heterocycles. The lowest BCUT2D eigenvalue weighted by molar-refractivity contribution is -0.274. The molecule has 24 heavy (non-hydrogen) atoms. The smallest absolute Gasteiger partial charge is 0.451 e. The highest BCUT2D eigenvalue weighted by Gasteiger charge is 2.31. The third kappa shape index (κ3) is 3.49. The van der Waals surface area contributed by atoms with E-state index in [2.05, 4.69) is 4.74 Å². The number of hydrogen-bond acceptors (Lipinski definition) is 3. The van der Waals surface area contributed by atoms with Crippen molar-refractivity contribution in [1.82, 2.24) is 0 Å². The predicted molar refractivity (Wildman–Crippen MR) is 82.8 cm³/mol. The van der Waals surface area contributed by atoms with Crippen LogP contribution < -0.4 is 4.74 Å². The van der Waals surface area contributed by atoms with Gasteiger partial charge in [0.1, 0.15) is 5.75 Å². The molecule has 1 heterocycles. The van der Waals surface area contributed by atoms with Crippen molar-refractivity contribution in [3.05, 3.63) is 63.8 Å². The van der Waals surface area contributed by atoms with Gasteiger partial charge in [0.15, 0.2) is 11.3 Å². The molecule has 0 atom stereocenters. The minimum atomic E-state index is -4.79. The van der Waals surface area contributed by atoms with Crippen molar-refractivity contribution in [2.75, 3.05) is 0 Å². The molecule has 0 N–H and O–H groups in total. The maximum atomic E-state index is 12.4. The molecule has 3 rings (SSSR count). The predicted octanol–water partition coefficient (Wildman–Crippen LogP) is 5.87. The molecule has 0 bridgehead atoms. The second-order valence-corrected chi connectivity index (χ2v) is 5.66. The van der Waals surface area contributed by atoms with Gasteiger partial charge >= 0.3 is 6.36 Å². The van der Waals surface area contributed by atoms with Crippen molar-refractivity contribution in [2.45, 2.75) is 6.36 Å². The molecule has 8 heteroatoms. The third-order valence-corrected chi connectivity index (χ3v) is 3.61. The zero-order valence-electron chi connectivity index (χ0n) is 11.7. The molecule has 0 aliphatic carbocycles. The second-order valence-electron chi connectivity index (χ2n) is 4.82. The van der Waals surface area contributed by atoms with Crippen LogP contribution in [-0.2, 0) is 0 Å². The number of halogens is 5. The van der Waals surface area contributed by atoms with Gasteiger partial charge in [-0.05, 0) is 42.5 Å². The number of ether oxygens (including phenoxy) is 1. The molecule has 124 valence electrons. The van der Waals surface area contributed by atoms with Gasteiger partial charge in [-0.2, -0.15) is 0 Å². The van der Waals surface area contributed by atoms with Crippen LogP contribution in [0, 0.1) is 0 Å². The summed E-state index contributed by atoms with van der Waals surface area (Å²) < 4.78 is 45.6. The number of ketones is 1. The summed E-state index contributed by atoms with van der Waals surface area (Å²) in [7, 11) is 0. The molecule has 3 aromatic rings. The van der Waals surface area contributed by atoms with Crippen molar-refractivity contribution >= 4 is 40.0 Å². The van der Waals surface area contributed by atoms with Gasteiger partial charge < -0.3 is 9.15 Å². The molecular formula is C16H7Cl2F3O3. The lowest BCUT2D eigenvalue weighted by Gasteiger charge is -2.08. The minimum absolute atomic E-state index is 0.00124. The van der Waals surface area contributed by atoms with E-state index in [9.17, 15) is 18.0 Å². The van der Waals surface area contributed by atoms with Crippen molar-refractivity contribution in [3.8, 4) is 5.75 Å². The number of carbonyl (C=O) groups is 1. The van der Waals surface area contributed by atoms with Gasteiger partial charge in [0.2, 0.25) is 5.78 Å². The Bertz CT molecular complexity index is 915. The summed E-state index contributed by atoms with van der Waals surface area (Å²) in [4.78, 5) is 12.4. The molecule has 0 radical (unpaired) electrons. The molecule has 0 spiro atoms. The van der Waals surface area contributed by atoms with Crippen LogP contribution in [0.2, 0.25) is 10.0 Å². The molecule has 0 amide bonds. The molecule has 0 unspecified atom stereocenters. The van der Waals surface area contributed by atoms with Gasteiger partial charge in [-0.3, -0.25) is 4.79 Å². The molecule has 0 saturated carbocycles. The standard InChI is InChI=1S/C16H7Cl2F3O3/c17-10-5-9-6-13(23-15(9)12(18)7-10)14(22)8-1-3-11(4-2-8)24-16(19,20)21/h1-7H. The van der Waals surface area contributed by atoms with E-state index in [0.29, 0.717) is 16.0 Å². The van der Waals surface area contributed by atoms with Crippen LogP contribution in [0.4, 0.5) is 13.2 Å². The van der Waals surface area contributed by atoms with Gasteiger partial charge in [-0.1, -0.05) is 23.2 Å². The van der Waals surface area contributed by atoms with E-state index in [0.717, 1.165) is 12.1 Å².